The fourth-order valence-electron chi connectivity index (χ4n) is 3.75. The largest absolute Gasteiger partial charge is 0.439 e. The Morgan fingerprint density at radius 1 is 1.07 bits per heavy atom. The molecule has 1 aliphatic heterocycles. The number of aromatic nitrogens is 5. The van der Waals surface area contributed by atoms with Crippen molar-refractivity contribution < 1.29 is 4.74 Å². The highest BCUT2D eigenvalue weighted by Crippen LogP contribution is 2.34. The summed E-state index contributed by atoms with van der Waals surface area (Å²) < 4.78 is 9.50. The summed E-state index contributed by atoms with van der Waals surface area (Å²) in [5, 5.41) is 5.58. The van der Waals surface area contributed by atoms with Gasteiger partial charge in [-0.1, -0.05) is 18.2 Å². The van der Waals surface area contributed by atoms with Gasteiger partial charge in [0.05, 0.1) is 11.4 Å². The molecule has 0 spiro atoms. The zero-order valence-electron chi connectivity index (χ0n) is 16.1. The Hall–Kier alpha value is -3.23. The molecular formula is C21H20ClN7O. The van der Waals surface area contributed by atoms with Crippen molar-refractivity contribution in [1.29, 1.82) is 0 Å². The third-order valence-corrected chi connectivity index (χ3v) is 5.49. The van der Waals surface area contributed by atoms with E-state index in [-0.39, 0.29) is 6.04 Å². The lowest BCUT2D eigenvalue weighted by Gasteiger charge is -2.27. The number of anilines is 1. The molecule has 4 heterocycles. The fraction of sp³-hybridized carbons (Fsp3) is 0.238. The highest BCUT2D eigenvalue weighted by molar-refractivity contribution is 6.13. The van der Waals surface area contributed by atoms with E-state index in [1.54, 1.807) is 10.6 Å². The number of nitrogen functional groups attached to an aromatic ring is 1. The van der Waals surface area contributed by atoms with Gasteiger partial charge >= 0.3 is 0 Å². The maximum Gasteiger partial charge on any atom is 0.219 e. The first-order valence-electron chi connectivity index (χ1n) is 9.78. The molecule has 0 bridgehead atoms. The van der Waals surface area contributed by atoms with Gasteiger partial charge in [0.2, 0.25) is 5.88 Å². The van der Waals surface area contributed by atoms with Crippen LogP contribution in [0.3, 0.4) is 0 Å². The number of ether oxygens (including phenoxy) is 1. The van der Waals surface area contributed by atoms with Crippen molar-refractivity contribution in [3.8, 4) is 22.9 Å². The van der Waals surface area contributed by atoms with Gasteiger partial charge in [-0.25, -0.2) is 24.1 Å². The SMILES string of the molecule is Nc1ncnc2c1c(-c1ccc(Oc3ccccc3)nc1)nn2C1CCCN(Cl)C1. The molecule has 1 saturated heterocycles. The number of hydrogen-bond acceptors (Lipinski definition) is 7. The molecule has 2 N–H and O–H groups in total. The first-order chi connectivity index (χ1) is 14.7. The third-order valence-electron chi connectivity index (χ3n) is 5.19. The quantitative estimate of drug-likeness (QED) is 0.496. The second-order valence-corrected chi connectivity index (χ2v) is 7.69. The molecule has 30 heavy (non-hydrogen) atoms. The van der Waals surface area contributed by atoms with E-state index in [0.29, 0.717) is 29.6 Å². The summed E-state index contributed by atoms with van der Waals surface area (Å²) in [4.78, 5) is 13.1. The monoisotopic (exact) mass is 421 g/mol. The predicted octanol–water partition coefficient (Wildman–Crippen LogP) is 4.05. The molecule has 1 unspecified atom stereocenters. The highest BCUT2D eigenvalue weighted by Gasteiger charge is 2.26. The van der Waals surface area contributed by atoms with E-state index in [1.165, 1.54) is 6.33 Å². The average Bonchev–Trinajstić information content (AvgIpc) is 3.16. The number of halogens is 1. The molecule has 3 aromatic heterocycles. The van der Waals surface area contributed by atoms with Gasteiger partial charge in [-0.3, -0.25) is 0 Å². The zero-order chi connectivity index (χ0) is 20.5. The number of nitrogens with zero attached hydrogens (tertiary/aromatic N) is 6. The van der Waals surface area contributed by atoms with Crippen LogP contribution >= 0.6 is 11.8 Å². The van der Waals surface area contributed by atoms with E-state index in [2.05, 4.69) is 15.0 Å². The zero-order valence-corrected chi connectivity index (χ0v) is 16.9. The molecule has 0 radical (unpaired) electrons. The van der Waals surface area contributed by atoms with Crippen LogP contribution in [0.5, 0.6) is 11.6 Å². The van der Waals surface area contributed by atoms with E-state index in [1.807, 2.05) is 47.1 Å². The molecule has 0 saturated carbocycles. The number of hydrogen-bond donors (Lipinski definition) is 1. The number of para-hydroxylation sites is 1. The lowest BCUT2D eigenvalue weighted by atomic mass is 10.1. The van der Waals surface area contributed by atoms with Crippen LogP contribution in [-0.2, 0) is 0 Å². The van der Waals surface area contributed by atoms with Gasteiger partial charge in [-0.2, -0.15) is 5.10 Å². The summed E-state index contributed by atoms with van der Waals surface area (Å²) in [6.45, 7) is 1.57. The molecule has 1 aromatic carbocycles. The molecular weight excluding hydrogens is 402 g/mol. The lowest BCUT2D eigenvalue weighted by molar-refractivity contribution is 0.266. The van der Waals surface area contributed by atoms with Crippen LogP contribution in [0.1, 0.15) is 18.9 Å². The second kappa shape index (κ2) is 7.89. The van der Waals surface area contributed by atoms with Gasteiger partial charge in [-0.15, -0.1) is 0 Å². The van der Waals surface area contributed by atoms with Crippen molar-refractivity contribution in [2.75, 3.05) is 18.8 Å². The van der Waals surface area contributed by atoms with Crippen LogP contribution in [0, 0.1) is 0 Å². The van der Waals surface area contributed by atoms with Gasteiger partial charge in [0, 0.05) is 30.9 Å². The van der Waals surface area contributed by atoms with Crippen molar-refractivity contribution in [2.45, 2.75) is 18.9 Å². The van der Waals surface area contributed by atoms with Crippen molar-refractivity contribution in [3.05, 3.63) is 55.0 Å². The summed E-state index contributed by atoms with van der Waals surface area (Å²) >= 11 is 6.26. The van der Waals surface area contributed by atoms with E-state index in [0.717, 1.165) is 36.1 Å². The van der Waals surface area contributed by atoms with Crippen LogP contribution < -0.4 is 10.5 Å². The van der Waals surface area contributed by atoms with Gasteiger partial charge in [0.25, 0.3) is 0 Å². The van der Waals surface area contributed by atoms with E-state index in [9.17, 15) is 0 Å². The van der Waals surface area contributed by atoms with Crippen LogP contribution in [0.4, 0.5) is 5.82 Å². The Bertz CT molecular complexity index is 1160. The normalized spacial score (nSPS) is 17.3. The smallest absolute Gasteiger partial charge is 0.219 e. The van der Waals surface area contributed by atoms with Crippen LogP contribution in [0.2, 0.25) is 0 Å². The van der Waals surface area contributed by atoms with Crippen molar-refractivity contribution >= 4 is 28.6 Å². The number of pyridine rings is 1. The van der Waals surface area contributed by atoms with Crippen LogP contribution in [0.25, 0.3) is 22.3 Å². The average molecular weight is 422 g/mol. The lowest BCUT2D eigenvalue weighted by Crippen LogP contribution is -2.31. The van der Waals surface area contributed by atoms with Gasteiger partial charge < -0.3 is 10.5 Å². The molecule has 9 heteroatoms. The van der Waals surface area contributed by atoms with Crippen molar-refractivity contribution in [3.63, 3.8) is 0 Å². The first kappa shape index (κ1) is 18.8. The van der Waals surface area contributed by atoms with Crippen molar-refractivity contribution in [2.24, 2.45) is 0 Å². The Morgan fingerprint density at radius 3 is 2.70 bits per heavy atom. The topological polar surface area (TPSA) is 95.0 Å². The minimum Gasteiger partial charge on any atom is -0.439 e. The Balaban J connectivity index is 1.52. The number of benzene rings is 1. The van der Waals surface area contributed by atoms with E-state index in [4.69, 9.17) is 27.3 Å². The molecule has 152 valence electrons. The molecule has 1 aliphatic rings. The number of nitrogens with two attached hydrogens (primary N) is 1. The Kier molecular flexibility index (Phi) is 4.94. The van der Waals surface area contributed by atoms with Crippen molar-refractivity contribution in [1.82, 2.24) is 29.2 Å². The van der Waals surface area contributed by atoms with Gasteiger partial charge in [0.15, 0.2) is 5.65 Å². The van der Waals surface area contributed by atoms with Crippen LogP contribution in [0.15, 0.2) is 55.0 Å². The number of piperidine rings is 1. The summed E-state index contributed by atoms with van der Waals surface area (Å²) in [6.07, 6.45) is 5.17. The van der Waals surface area contributed by atoms with E-state index < -0.39 is 0 Å². The van der Waals surface area contributed by atoms with Crippen LogP contribution in [-0.4, -0.2) is 42.2 Å². The summed E-state index contributed by atoms with van der Waals surface area (Å²) in [7, 11) is 0. The molecule has 1 fully saturated rings. The minimum atomic E-state index is 0.121. The molecule has 0 aliphatic carbocycles. The molecule has 4 aromatic rings. The summed E-state index contributed by atoms with van der Waals surface area (Å²) in [5.41, 5.74) is 8.44. The number of rotatable bonds is 4. The second-order valence-electron chi connectivity index (χ2n) is 7.22. The summed E-state index contributed by atoms with van der Waals surface area (Å²) in [5.74, 6) is 1.63. The highest BCUT2D eigenvalue weighted by atomic mass is 35.5. The minimum absolute atomic E-state index is 0.121. The third kappa shape index (κ3) is 3.55. The van der Waals surface area contributed by atoms with Gasteiger partial charge in [-0.05, 0) is 42.8 Å². The fourth-order valence-corrected chi connectivity index (χ4v) is 4.03. The molecule has 1 atom stereocenters. The predicted molar refractivity (Wildman–Crippen MR) is 115 cm³/mol. The molecule has 5 rings (SSSR count). The standard InChI is InChI=1S/C21H20ClN7O/c22-28-10-4-5-15(12-28)29-21-18(20(23)25-13-26-21)19(27-29)14-8-9-17(24-11-14)30-16-6-2-1-3-7-16/h1-3,6-9,11,13,15H,4-5,10,12H2,(H2,23,25,26). The maximum absolute atomic E-state index is 6.26. The van der Waals surface area contributed by atoms with Gasteiger partial charge in [0.1, 0.15) is 23.6 Å². The maximum atomic E-state index is 6.26. The Morgan fingerprint density at radius 2 is 1.93 bits per heavy atom. The number of fused-ring (bicyclic) bond motifs is 1. The molecule has 8 nitrogen and oxygen atoms in total. The Labute approximate surface area is 178 Å². The van der Waals surface area contributed by atoms with E-state index >= 15 is 0 Å². The molecule has 0 amide bonds. The summed E-state index contributed by atoms with van der Waals surface area (Å²) in [6, 6.07) is 13.4. The first-order valence-corrected chi connectivity index (χ1v) is 10.1.